The third-order valence-electron chi connectivity index (χ3n) is 5.43. The summed E-state index contributed by atoms with van der Waals surface area (Å²) in [6, 6.07) is 21.2. The number of carbonyl (C=O) groups excluding carboxylic acids is 1. The number of sulfonamides is 1. The van der Waals surface area contributed by atoms with Crippen LogP contribution in [0.2, 0.25) is 0 Å². The van der Waals surface area contributed by atoms with Crippen LogP contribution in [0.4, 0.5) is 5.69 Å². The van der Waals surface area contributed by atoms with Crippen molar-refractivity contribution >= 4 is 21.6 Å². The van der Waals surface area contributed by atoms with Crippen LogP contribution in [0, 0.1) is 13.8 Å². The van der Waals surface area contributed by atoms with Crippen molar-refractivity contribution in [3.63, 3.8) is 0 Å². The number of para-hydroxylation sites is 1. The lowest BCUT2D eigenvalue weighted by Gasteiger charge is -2.26. The standard InChI is InChI=1S/C26H30N2O4S/c1-4-22-10-8-9-13-25(22)28(33(30,31)24-11-6-5-7-12-24)19-26(29)27-16-17-32-23-15-14-20(2)21(3)18-23/h5-15,18H,4,16-17,19H2,1-3H3,(H,27,29). The Kier molecular flexibility index (Phi) is 8.11. The normalized spacial score (nSPS) is 11.1. The lowest BCUT2D eigenvalue weighted by atomic mass is 10.1. The van der Waals surface area contributed by atoms with Crippen LogP contribution >= 0.6 is 0 Å². The Balaban J connectivity index is 1.72. The van der Waals surface area contributed by atoms with E-state index in [1.54, 1.807) is 30.3 Å². The van der Waals surface area contributed by atoms with Gasteiger partial charge in [0, 0.05) is 0 Å². The molecule has 3 aromatic rings. The van der Waals surface area contributed by atoms with Crippen LogP contribution in [0.5, 0.6) is 5.75 Å². The lowest BCUT2D eigenvalue weighted by molar-refractivity contribution is -0.119. The van der Waals surface area contributed by atoms with Crippen LogP contribution in [-0.2, 0) is 21.2 Å². The van der Waals surface area contributed by atoms with Crippen molar-refractivity contribution in [2.24, 2.45) is 0 Å². The molecule has 0 aromatic heterocycles. The van der Waals surface area contributed by atoms with E-state index in [2.05, 4.69) is 5.32 Å². The SMILES string of the molecule is CCc1ccccc1N(CC(=O)NCCOc1ccc(C)c(C)c1)S(=O)(=O)c1ccccc1. The van der Waals surface area contributed by atoms with E-state index in [-0.39, 0.29) is 24.6 Å². The van der Waals surface area contributed by atoms with Crippen molar-refractivity contribution in [2.75, 3.05) is 24.0 Å². The molecule has 1 N–H and O–H groups in total. The Hall–Kier alpha value is -3.32. The van der Waals surface area contributed by atoms with Crippen molar-refractivity contribution < 1.29 is 17.9 Å². The summed E-state index contributed by atoms with van der Waals surface area (Å²) < 4.78 is 33.8. The molecule has 0 saturated carbocycles. The molecule has 3 rings (SSSR count). The number of anilines is 1. The summed E-state index contributed by atoms with van der Waals surface area (Å²) in [6.07, 6.45) is 0.641. The van der Waals surface area contributed by atoms with Gasteiger partial charge >= 0.3 is 0 Å². The quantitative estimate of drug-likeness (QED) is 0.453. The van der Waals surface area contributed by atoms with Gasteiger partial charge in [-0.25, -0.2) is 8.42 Å². The molecule has 0 bridgehead atoms. The zero-order valence-corrected chi connectivity index (χ0v) is 20.1. The summed E-state index contributed by atoms with van der Waals surface area (Å²) >= 11 is 0. The Morgan fingerprint density at radius 2 is 1.64 bits per heavy atom. The van der Waals surface area contributed by atoms with E-state index in [0.717, 1.165) is 16.9 Å². The van der Waals surface area contributed by atoms with Gasteiger partial charge in [-0.2, -0.15) is 0 Å². The number of hydrogen-bond acceptors (Lipinski definition) is 4. The second-order valence-electron chi connectivity index (χ2n) is 7.75. The first-order valence-electron chi connectivity index (χ1n) is 11.0. The van der Waals surface area contributed by atoms with E-state index in [1.165, 1.54) is 22.0 Å². The molecule has 1 amide bonds. The number of nitrogens with one attached hydrogen (secondary N) is 1. The maximum absolute atomic E-state index is 13.4. The van der Waals surface area contributed by atoms with Gasteiger partial charge in [-0.05, 0) is 67.3 Å². The topological polar surface area (TPSA) is 75.7 Å². The first kappa shape index (κ1) is 24.3. The fraction of sp³-hybridized carbons (Fsp3) is 0.269. The maximum atomic E-state index is 13.4. The number of hydrogen-bond donors (Lipinski definition) is 1. The lowest BCUT2D eigenvalue weighted by Crippen LogP contribution is -2.42. The zero-order valence-electron chi connectivity index (χ0n) is 19.2. The highest BCUT2D eigenvalue weighted by molar-refractivity contribution is 7.92. The summed E-state index contributed by atoms with van der Waals surface area (Å²) in [5, 5.41) is 2.77. The van der Waals surface area contributed by atoms with Gasteiger partial charge in [-0.15, -0.1) is 0 Å². The molecule has 0 saturated heterocycles. The predicted molar refractivity (Wildman–Crippen MR) is 131 cm³/mol. The average Bonchev–Trinajstić information content (AvgIpc) is 2.83. The second-order valence-corrected chi connectivity index (χ2v) is 9.61. The molecule has 0 fully saturated rings. The molecule has 6 nitrogen and oxygen atoms in total. The monoisotopic (exact) mass is 466 g/mol. The first-order valence-corrected chi connectivity index (χ1v) is 12.4. The summed E-state index contributed by atoms with van der Waals surface area (Å²) in [5.41, 5.74) is 3.67. The molecule has 174 valence electrons. The zero-order chi connectivity index (χ0) is 23.8. The van der Waals surface area contributed by atoms with Crippen LogP contribution < -0.4 is 14.4 Å². The molecule has 0 aliphatic heterocycles. The van der Waals surface area contributed by atoms with Gasteiger partial charge in [-0.1, -0.05) is 49.4 Å². The minimum absolute atomic E-state index is 0.141. The molecule has 33 heavy (non-hydrogen) atoms. The molecule has 0 aliphatic carbocycles. The van der Waals surface area contributed by atoms with E-state index >= 15 is 0 Å². The number of rotatable bonds is 10. The van der Waals surface area contributed by atoms with E-state index in [0.29, 0.717) is 12.1 Å². The largest absolute Gasteiger partial charge is 0.492 e. The van der Waals surface area contributed by atoms with Gasteiger partial charge in [0.15, 0.2) is 0 Å². The van der Waals surface area contributed by atoms with Crippen molar-refractivity contribution in [1.82, 2.24) is 5.32 Å². The third-order valence-corrected chi connectivity index (χ3v) is 7.20. The molecular weight excluding hydrogens is 436 g/mol. The maximum Gasteiger partial charge on any atom is 0.264 e. The van der Waals surface area contributed by atoms with Crippen LogP contribution in [0.15, 0.2) is 77.7 Å². The fourth-order valence-electron chi connectivity index (χ4n) is 3.42. The number of carbonyl (C=O) groups is 1. The smallest absolute Gasteiger partial charge is 0.264 e. The fourth-order valence-corrected chi connectivity index (χ4v) is 4.90. The number of benzene rings is 3. The summed E-state index contributed by atoms with van der Waals surface area (Å²) in [4.78, 5) is 12.9. The third kappa shape index (κ3) is 6.14. The molecule has 0 heterocycles. The van der Waals surface area contributed by atoms with E-state index < -0.39 is 15.9 Å². The first-order chi connectivity index (χ1) is 15.8. The molecule has 0 spiro atoms. The highest BCUT2D eigenvalue weighted by atomic mass is 32.2. The summed E-state index contributed by atoms with van der Waals surface area (Å²) in [7, 11) is -3.92. The van der Waals surface area contributed by atoms with E-state index in [9.17, 15) is 13.2 Å². The number of amides is 1. The Labute approximate surface area is 196 Å². The van der Waals surface area contributed by atoms with Crippen LogP contribution in [0.3, 0.4) is 0 Å². The van der Waals surface area contributed by atoms with Crippen molar-refractivity contribution in [3.05, 3.63) is 89.5 Å². The number of nitrogens with zero attached hydrogens (tertiary/aromatic N) is 1. The minimum atomic E-state index is -3.92. The van der Waals surface area contributed by atoms with Gasteiger partial charge in [0.25, 0.3) is 10.0 Å². The molecule has 7 heteroatoms. The molecule has 0 aliphatic rings. The van der Waals surface area contributed by atoms with E-state index in [4.69, 9.17) is 4.74 Å². The second kappa shape index (κ2) is 11.0. The molecule has 0 unspecified atom stereocenters. The Morgan fingerprint density at radius 1 is 0.939 bits per heavy atom. The van der Waals surface area contributed by atoms with Crippen LogP contribution in [0.1, 0.15) is 23.6 Å². The minimum Gasteiger partial charge on any atom is -0.492 e. The van der Waals surface area contributed by atoms with Gasteiger partial charge in [0.2, 0.25) is 5.91 Å². The highest BCUT2D eigenvalue weighted by Crippen LogP contribution is 2.27. The van der Waals surface area contributed by atoms with Gasteiger partial charge in [0.05, 0.1) is 17.1 Å². The van der Waals surface area contributed by atoms with Gasteiger partial charge in [0.1, 0.15) is 18.9 Å². The van der Waals surface area contributed by atoms with Crippen LogP contribution in [0.25, 0.3) is 0 Å². The van der Waals surface area contributed by atoms with Crippen molar-refractivity contribution in [3.8, 4) is 5.75 Å². The number of aryl methyl sites for hydroxylation is 3. The summed E-state index contributed by atoms with van der Waals surface area (Å²) in [5.74, 6) is 0.335. The van der Waals surface area contributed by atoms with Crippen molar-refractivity contribution in [2.45, 2.75) is 32.1 Å². The molecular formula is C26H30N2O4S. The van der Waals surface area contributed by atoms with Crippen LogP contribution in [-0.4, -0.2) is 34.0 Å². The van der Waals surface area contributed by atoms with Gasteiger partial charge < -0.3 is 10.1 Å². The average molecular weight is 467 g/mol. The molecule has 3 aromatic carbocycles. The Bertz CT molecular complexity index is 1190. The predicted octanol–water partition coefficient (Wildman–Crippen LogP) is 4.26. The highest BCUT2D eigenvalue weighted by Gasteiger charge is 2.28. The number of ether oxygens (including phenoxy) is 1. The summed E-state index contributed by atoms with van der Waals surface area (Å²) in [6.45, 7) is 6.23. The van der Waals surface area contributed by atoms with E-state index in [1.807, 2.05) is 51.1 Å². The van der Waals surface area contributed by atoms with Crippen molar-refractivity contribution in [1.29, 1.82) is 0 Å². The Morgan fingerprint density at radius 3 is 2.33 bits per heavy atom. The molecule has 0 atom stereocenters. The van der Waals surface area contributed by atoms with Gasteiger partial charge in [-0.3, -0.25) is 9.10 Å². The molecule has 0 radical (unpaired) electrons.